The number of hydrogen-bond donors (Lipinski definition) is 1. The molecule has 0 aromatic heterocycles. The zero-order valence-electron chi connectivity index (χ0n) is 19.5. The Kier molecular flexibility index (Phi) is 7.87. The van der Waals surface area contributed by atoms with Crippen LogP contribution in [-0.4, -0.2) is 33.3 Å². The number of amides is 1. The number of hydrogen-bond acceptors (Lipinski definition) is 5. The van der Waals surface area contributed by atoms with Gasteiger partial charge < -0.3 is 4.74 Å². The molecule has 0 fully saturated rings. The summed E-state index contributed by atoms with van der Waals surface area (Å²) < 4.78 is 31.8. The third-order valence-electron chi connectivity index (χ3n) is 5.30. The van der Waals surface area contributed by atoms with Gasteiger partial charge in [-0.2, -0.15) is 5.10 Å². The van der Waals surface area contributed by atoms with Crippen molar-refractivity contribution in [3.05, 3.63) is 107 Å². The molecule has 0 unspecified atom stereocenters. The van der Waals surface area contributed by atoms with Crippen LogP contribution >= 0.6 is 11.6 Å². The average molecular weight is 522 g/mol. The van der Waals surface area contributed by atoms with Crippen LogP contribution in [0, 0.1) is 0 Å². The molecule has 0 aliphatic heterocycles. The molecule has 0 saturated heterocycles. The topological polar surface area (TPSA) is 88.1 Å². The van der Waals surface area contributed by atoms with E-state index in [4.69, 9.17) is 16.3 Å². The Morgan fingerprint density at radius 3 is 2.47 bits per heavy atom. The summed E-state index contributed by atoms with van der Waals surface area (Å²) in [5, 5.41) is 6.23. The molecule has 184 valence electrons. The second-order valence-electron chi connectivity index (χ2n) is 8.05. The van der Waals surface area contributed by atoms with Crippen LogP contribution in [0.4, 0.5) is 5.69 Å². The normalized spacial score (nSPS) is 11.5. The molecule has 36 heavy (non-hydrogen) atoms. The van der Waals surface area contributed by atoms with Crippen LogP contribution in [0.3, 0.4) is 0 Å². The molecule has 9 heteroatoms. The highest BCUT2D eigenvalue weighted by atomic mass is 35.5. The van der Waals surface area contributed by atoms with Gasteiger partial charge in [-0.15, -0.1) is 0 Å². The zero-order valence-corrected chi connectivity index (χ0v) is 21.0. The van der Waals surface area contributed by atoms with Gasteiger partial charge in [0.05, 0.1) is 18.2 Å². The van der Waals surface area contributed by atoms with E-state index in [0.29, 0.717) is 23.1 Å². The van der Waals surface area contributed by atoms with Gasteiger partial charge in [-0.1, -0.05) is 60.1 Å². The minimum absolute atomic E-state index is 0.386. The first kappa shape index (κ1) is 25.2. The SMILES string of the molecule is CS(=O)(=O)N(CC(=O)N/N=C\c1ccc(OCc2cccc(Cl)c2)cc1)c1cccc2ccccc12. The Bertz CT molecular complexity index is 1500. The molecule has 0 radical (unpaired) electrons. The summed E-state index contributed by atoms with van der Waals surface area (Å²) in [7, 11) is -3.72. The first-order valence-electron chi connectivity index (χ1n) is 11.0. The van der Waals surface area contributed by atoms with Crippen molar-refractivity contribution in [3.8, 4) is 5.75 Å². The van der Waals surface area contributed by atoms with Gasteiger partial charge in [-0.3, -0.25) is 9.10 Å². The highest BCUT2D eigenvalue weighted by Gasteiger charge is 2.22. The van der Waals surface area contributed by atoms with Gasteiger partial charge in [0.15, 0.2) is 0 Å². The fraction of sp³-hybridized carbons (Fsp3) is 0.111. The number of carbonyl (C=O) groups excluding carboxylic acids is 1. The number of nitrogens with one attached hydrogen (secondary N) is 1. The van der Waals surface area contributed by atoms with Gasteiger partial charge in [0.1, 0.15) is 18.9 Å². The van der Waals surface area contributed by atoms with Gasteiger partial charge >= 0.3 is 0 Å². The lowest BCUT2D eigenvalue weighted by Crippen LogP contribution is -2.39. The van der Waals surface area contributed by atoms with Crippen molar-refractivity contribution >= 4 is 50.2 Å². The lowest BCUT2D eigenvalue weighted by Gasteiger charge is -2.23. The molecule has 0 spiro atoms. The molecule has 0 aliphatic carbocycles. The van der Waals surface area contributed by atoms with Crippen LogP contribution in [0.2, 0.25) is 5.02 Å². The maximum atomic E-state index is 12.5. The molecule has 1 amide bonds. The number of ether oxygens (including phenoxy) is 1. The summed E-state index contributed by atoms with van der Waals surface area (Å²) in [5.41, 5.74) is 4.53. The second-order valence-corrected chi connectivity index (χ2v) is 10.4. The van der Waals surface area contributed by atoms with E-state index in [1.165, 1.54) is 6.21 Å². The van der Waals surface area contributed by atoms with Crippen LogP contribution in [0.1, 0.15) is 11.1 Å². The van der Waals surface area contributed by atoms with Gasteiger partial charge in [0.25, 0.3) is 5.91 Å². The third kappa shape index (κ3) is 6.62. The quantitative estimate of drug-likeness (QED) is 0.248. The van der Waals surface area contributed by atoms with Crippen molar-refractivity contribution in [1.29, 1.82) is 0 Å². The molecular formula is C27H24ClN3O4S. The van der Waals surface area contributed by atoms with Crippen LogP contribution in [0.5, 0.6) is 5.75 Å². The summed E-state index contributed by atoms with van der Waals surface area (Å²) in [6, 6.07) is 27.3. The molecule has 4 rings (SSSR count). The summed E-state index contributed by atoms with van der Waals surface area (Å²) >= 11 is 5.99. The minimum Gasteiger partial charge on any atom is -0.489 e. The van der Waals surface area contributed by atoms with Gasteiger partial charge in [-0.25, -0.2) is 13.8 Å². The van der Waals surface area contributed by atoms with E-state index in [-0.39, 0.29) is 0 Å². The maximum absolute atomic E-state index is 12.5. The Hall–Kier alpha value is -3.88. The first-order chi connectivity index (χ1) is 17.3. The smallest absolute Gasteiger partial charge is 0.260 e. The Balaban J connectivity index is 1.37. The van der Waals surface area contributed by atoms with Crippen LogP contribution in [-0.2, 0) is 21.4 Å². The first-order valence-corrected chi connectivity index (χ1v) is 13.3. The molecular weight excluding hydrogens is 498 g/mol. The molecule has 4 aromatic carbocycles. The molecule has 0 heterocycles. The summed E-state index contributed by atoms with van der Waals surface area (Å²) in [5.74, 6) is 0.112. The van der Waals surface area contributed by atoms with Crippen molar-refractivity contribution in [2.75, 3.05) is 17.1 Å². The standard InChI is InChI=1S/C27H24ClN3O4S/c1-36(33,34)31(26-11-5-8-22-7-2-3-10-25(22)26)18-27(32)30-29-17-20-12-14-24(15-13-20)35-19-21-6-4-9-23(28)16-21/h2-17H,18-19H2,1H3,(H,30,32)/b29-17-. The molecule has 0 aliphatic rings. The molecule has 4 aromatic rings. The van der Waals surface area contributed by atoms with Crippen molar-refractivity contribution in [3.63, 3.8) is 0 Å². The zero-order chi connectivity index (χ0) is 25.5. The van der Waals surface area contributed by atoms with Crippen molar-refractivity contribution in [1.82, 2.24) is 5.43 Å². The largest absolute Gasteiger partial charge is 0.489 e. The van der Waals surface area contributed by atoms with Crippen molar-refractivity contribution in [2.45, 2.75) is 6.61 Å². The summed E-state index contributed by atoms with van der Waals surface area (Å²) in [6.45, 7) is -0.0158. The predicted octanol–water partition coefficient (Wildman–Crippen LogP) is 4.99. The number of sulfonamides is 1. The number of benzene rings is 4. The molecule has 0 saturated carbocycles. The Morgan fingerprint density at radius 2 is 1.72 bits per heavy atom. The van der Waals surface area contributed by atoms with Crippen molar-refractivity contribution in [2.24, 2.45) is 5.10 Å². The van der Waals surface area contributed by atoms with E-state index in [9.17, 15) is 13.2 Å². The fourth-order valence-corrected chi connectivity index (χ4v) is 4.68. The van der Waals surface area contributed by atoms with Gasteiger partial charge in [0, 0.05) is 10.4 Å². The monoisotopic (exact) mass is 521 g/mol. The van der Waals surface area contributed by atoms with E-state index in [2.05, 4.69) is 10.5 Å². The van der Waals surface area contributed by atoms with Gasteiger partial charge in [0.2, 0.25) is 10.0 Å². The number of fused-ring (bicyclic) bond motifs is 1. The number of carbonyl (C=O) groups is 1. The van der Waals surface area contributed by atoms with Crippen LogP contribution in [0.15, 0.2) is 96.1 Å². The Labute approximate surface area is 215 Å². The highest BCUT2D eigenvalue weighted by molar-refractivity contribution is 7.92. The maximum Gasteiger partial charge on any atom is 0.260 e. The lowest BCUT2D eigenvalue weighted by molar-refractivity contribution is -0.119. The van der Waals surface area contributed by atoms with E-state index in [1.807, 2.05) is 48.5 Å². The highest BCUT2D eigenvalue weighted by Crippen LogP contribution is 2.28. The Morgan fingerprint density at radius 1 is 1.00 bits per heavy atom. The molecule has 0 atom stereocenters. The number of anilines is 1. The molecule has 1 N–H and O–H groups in total. The average Bonchev–Trinajstić information content (AvgIpc) is 2.86. The second kappa shape index (κ2) is 11.2. The third-order valence-corrected chi connectivity index (χ3v) is 6.66. The number of nitrogens with zero attached hydrogens (tertiary/aromatic N) is 2. The fourth-order valence-electron chi connectivity index (χ4n) is 3.59. The van der Waals surface area contributed by atoms with Gasteiger partial charge in [-0.05, 0) is 59.0 Å². The molecule has 0 bridgehead atoms. The number of hydrazone groups is 1. The minimum atomic E-state index is -3.72. The van der Waals surface area contributed by atoms with E-state index in [1.54, 1.807) is 42.5 Å². The summed E-state index contributed by atoms with van der Waals surface area (Å²) in [6.07, 6.45) is 2.54. The lowest BCUT2D eigenvalue weighted by atomic mass is 10.1. The van der Waals surface area contributed by atoms with Crippen LogP contribution in [0.25, 0.3) is 10.8 Å². The van der Waals surface area contributed by atoms with E-state index in [0.717, 1.165) is 32.5 Å². The number of rotatable bonds is 9. The summed E-state index contributed by atoms with van der Waals surface area (Å²) in [4.78, 5) is 12.5. The predicted molar refractivity (Wildman–Crippen MR) is 144 cm³/mol. The van der Waals surface area contributed by atoms with Crippen LogP contribution < -0.4 is 14.5 Å². The van der Waals surface area contributed by atoms with E-state index < -0.39 is 22.5 Å². The molecule has 7 nitrogen and oxygen atoms in total. The van der Waals surface area contributed by atoms with E-state index >= 15 is 0 Å². The van der Waals surface area contributed by atoms with Crippen molar-refractivity contribution < 1.29 is 17.9 Å². The number of halogens is 1.